The minimum absolute atomic E-state index is 0.117. The van der Waals surface area contributed by atoms with E-state index < -0.39 is 0 Å². The second-order valence-electron chi connectivity index (χ2n) is 5.55. The van der Waals surface area contributed by atoms with Crippen molar-refractivity contribution in [3.8, 4) is 0 Å². The van der Waals surface area contributed by atoms with E-state index in [-0.39, 0.29) is 29.7 Å². The fraction of sp³-hybridized carbons (Fsp3) is 0.278. The van der Waals surface area contributed by atoms with Crippen LogP contribution in [0.15, 0.2) is 54.6 Å². The maximum absolute atomic E-state index is 13.1. The molecule has 3 atom stereocenters. The number of carbonyl (C=O) groups excluding carboxylic acids is 1. The zero-order valence-corrected chi connectivity index (χ0v) is 12.8. The van der Waals surface area contributed by atoms with E-state index in [4.69, 9.17) is 5.73 Å². The Bertz CT molecular complexity index is 611. The van der Waals surface area contributed by atoms with Crippen LogP contribution in [0.25, 0.3) is 0 Å². The first-order chi connectivity index (χ1) is 10.5. The van der Waals surface area contributed by atoms with Crippen molar-refractivity contribution in [3.63, 3.8) is 0 Å². The predicted molar refractivity (Wildman–Crippen MR) is 85.6 cm³/mol. The van der Waals surface area contributed by atoms with Crippen molar-refractivity contribution in [2.45, 2.75) is 25.9 Å². The molecule has 0 aliphatic heterocycles. The number of hydrogen-bond acceptors (Lipinski definition) is 2. The Morgan fingerprint density at radius 3 is 2.09 bits per heavy atom. The van der Waals surface area contributed by atoms with E-state index in [0.717, 1.165) is 11.1 Å². The van der Waals surface area contributed by atoms with Gasteiger partial charge in [0.15, 0.2) is 0 Å². The molecule has 2 rings (SSSR count). The van der Waals surface area contributed by atoms with Gasteiger partial charge in [0.25, 0.3) is 0 Å². The van der Waals surface area contributed by atoms with Crippen molar-refractivity contribution in [2.75, 3.05) is 0 Å². The van der Waals surface area contributed by atoms with E-state index in [1.165, 1.54) is 12.1 Å². The van der Waals surface area contributed by atoms with Gasteiger partial charge >= 0.3 is 0 Å². The molecule has 4 heteroatoms. The summed E-state index contributed by atoms with van der Waals surface area (Å²) >= 11 is 0. The zero-order chi connectivity index (χ0) is 16.1. The second kappa shape index (κ2) is 7.18. The molecule has 2 aromatic rings. The van der Waals surface area contributed by atoms with Gasteiger partial charge in [-0.15, -0.1) is 0 Å². The molecule has 0 radical (unpaired) electrons. The molecule has 0 saturated heterocycles. The lowest BCUT2D eigenvalue weighted by Crippen LogP contribution is -2.40. The smallest absolute Gasteiger partial charge is 0.225 e. The average molecular weight is 300 g/mol. The summed E-state index contributed by atoms with van der Waals surface area (Å²) in [4.78, 5) is 12.3. The molecule has 0 aromatic heterocycles. The van der Waals surface area contributed by atoms with Gasteiger partial charge in [-0.05, 0) is 30.2 Å². The number of nitrogens with one attached hydrogen (secondary N) is 1. The summed E-state index contributed by atoms with van der Waals surface area (Å²) < 4.78 is 13.1. The van der Waals surface area contributed by atoms with Crippen LogP contribution in [0.4, 0.5) is 4.39 Å². The third-order valence-corrected chi connectivity index (χ3v) is 3.83. The molecule has 0 bridgehead atoms. The summed E-state index contributed by atoms with van der Waals surface area (Å²) in [5, 5.41) is 3.01. The topological polar surface area (TPSA) is 55.1 Å². The van der Waals surface area contributed by atoms with E-state index in [2.05, 4.69) is 5.32 Å². The van der Waals surface area contributed by atoms with Crippen molar-refractivity contribution in [2.24, 2.45) is 11.7 Å². The Hall–Kier alpha value is -2.20. The Kier molecular flexibility index (Phi) is 5.28. The molecule has 0 aliphatic carbocycles. The lowest BCUT2D eigenvalue weighted by Gasteiger charge is -2.23. The quantitative estimate of drug-likeness (QED) is 0.892. The highest BCUT2D eigenvalue weighted by Crippen LogP contribution is 2.23. The number of benzene rings is 2. The van der Waals surface area contributed by atoms with Gasteiger partial charge < -0.3 is 11.1 Å². The molecule has 116 valence electrons. The Labute approximate surface area is 130 Å². The van der Waals surface area contributed by atoms with Crippen LogP contribution in [0.1, 0.15) is 31.0 Å². The standard InChI is InChI=1S/C18H21FN2O/c1-12(13(2)20)18(22)21-17(14-6-4-3-5-7-14)15-8-10-16(19)11-9-15/h3-13,17H,20H2,1-2H3,(H,21,22). The highest BCUT2D eigenvalue weighted by atomic mass is 19.1. The van der Waals surface area contributed by atoms with Crippen LogP contribution < -0.4 is 11.1 Å². The lowest BCUT2D eigenvalue weighted by atomic mass is 9.96. The first-order valence-corrected chi connectivity index (χ1v) is 7.35. The molecule has 0 heterocycles. The lowest BCUT2D eigenvalue weighted by molar-refractivity contribution is -0.125. The molecule has 3 unspecified atom stereocenters. The fourth-order valence-electron chi connectivity index (χ4n) is 2.17. The number of rotatable bonds is 5. The van der Waals surface area contributed by atoms with E-state index in [0.29, 0.717) is 0 Å². The number of amides is 1. The molecule has 0 fully saturated rings. The molecule has 0 spiro atoms. The molecule has 3 N–H and O–H groups in total. The van der Waals surface area contributed by atoms with Crippen molar-refractivity contribution in [3.05, 3.63) is 71.5 Å². The SMILES string of the molecule is CC(N)C(C)C(=O)NC(c1ccccc1)c1ccc(F)cc1. The third kappa shape index (κ3) is 3.92. The van der Waals surface area contributed by atoms with Gasteiger partial charge in [0.2, 0.25) is 5.91 Å². The number of hydrogen-bond donors (Lipinski definition) is 2. The largest absolute Gasteiger partial charge is 0.345 e. The first-order valence-electron chi connectivity index (χ1n) is 7.35. The fourth-order valence-corrected chi connectivity index (χ4v) is 2.17. The van der Waals surface area contributed by atoms with Crippen LogP contribution in [-0.4, -0.2) is 11.9 Å². The highest BCUT2D eigenvalue weighted by Gasteiger charge is 2.22. The zero-order valence-electron chi connectivity index (χ0n) is 12.8. The highest BCUT2D eigenvalue weighted by molar-refractivity contribution is 5.79. The van der Waals surface area contributed by atoms with Crippen LogP contribution in [0.2, 0.25) is 0 Å². The number of nitrogens with two attached hydrogens (primary N) is 1. The van der Waals surface area contributed by atoms with Gasteiger partial charge in [-0.1, -0.05) is 49.4 Å². The van der Waals surface area contributed by atoms with Crippen LogP contribution in [0.5, 0.6) is 0 Å². The molecular formula is C18H21FN2O. The van der Waals surface area contributed by atoms with E-state index >= 15 is 0 Å². The Balaban J connectivity index is 2.30. The number of carbonyl (C=O) groups is 1. The van der Waals surface area contributed by atoms with Gasteiger partial charge in [0.1, 0.15) is 5.82 Å². The molecule has 0 aliphatic rings. The van der Waals surface area contributed by atoms with Gasteiger partial charge in [-0.3, -0.25) is 4.79 Å². The maximum atomic E-state index is 13.1. The maximum Gasteiger partial charge on any atom is 0.225 e. The van der Waals surface area contributed by atoms with Gasteiger partial charge in [-0.2, -0.15) is 0 Å². The Morgan fingerprint density at radius 1 is 1.00 bits per heavy atom. The van der Waals surface area contributed by atoms with Crippen molar-refractivity contribution in [1.29, 1.82) is 0 Å². The van der Waals surface area contributed by atoms with E-state index in [1.807, 2.05) is 30.3 Å². The summed E-state index contributed by atoms with van der Waals surface area (Å²) in [7, 11) is 0. The minimum Gasteiger partial charge on any atom is -0.345 e. The molecule has 0 saturated carbocycles. The summed E-state index contributed by atoms with van der Waals surface area (Å²) in [6, 6.07) is 15.2. The van der Waals surface area contributed by atoms with E-state index in [9.17, 15) is 9.18 Å². The second-order valence-corrected chi connectivity index (χ2v) is 5.55. The van der Waals surface area contributed by atoms with Crippen molar-refractivity contribution < 1.29 is 9.18 Å². The first kappa shape index (κ1) is 16.2. The number of halogens is 1. The molecular weight excluding hydrogens is 279 g/mol. The predicted octanol–water partition coefficient (Wildman–Crippen LogP) is 3.01. The minimum atomic E-state index is -0.324. The van der Waals surface area contributed by atoms with Crippen LogP contribution >= 0.6 is 0 Å². The normalized spacial score (nSPS) is 14.9. The summed E-state index contributed by atoms with van der Waals surface area (Å²) in [6.45, 7) is 3.60. The molecule has 22 heavy (non-hydrogen) atoms. The van der Waals surface area contributed by atoms with Crippen LogP contribution in [0, 0.1) is 11.7 Å². The summed E-state index contributed by atoms with van der Waals surface area (Å²) in [5.74, 6) is -0.717. The monoisotopic (exact) mass is 300 g/mol. The van der Waals surface area contributed by atoms with Crippen LogP contribution in [-0.2, 0) is 4.79 Å². The van der Waals surface area contributed by atoms with Gasteiger partial charge in [0.05, 0.1) is 6.04 Å². The Morgan fingerprint density at radius 2 is 1.55 bits per heavy atom. The molecule has 3 nitrogen and oxygen atoms in total. The summed E-state index contributed by atoms with van der Waals surface area (Å²) in [5.41, 5.74) is 7.57. The van der Waals surface area contributed by atoms with Gasteiger partial charge in [-0.25, -0.2) is 4.39 Å². The van der Waals surface area contributed by atoms with Crippen LogP contribution in [0.3, 0.4) is 0 Å². The van der Waals surface area contributed by atoms with Crippen molar-refractivity contribution >= 4 is 5.91 Å². The third-order valence-electron chi connectivity index (χ3n) is 3.83. The van der Waals surface area contributed by atoms with E-state index in [1.54, 1.807) is 26.0 Å². The summed E-state index contributed by atoms with van der Waals surface area (Å²) in [6.07, 6.45) is 0. The van der Waals surface area contributed by atoms with Crippen molar-refractivity contribution in [1.82, 2.24) is 5.32 Å². The molecule has 1 amide bonds. The average Bonchev–Trinajstić information content (AvgIpc) is 2.53. The molecule has 2 aromatic carbocycles. The van der Waals surface area contributed by atoms with Gasteiger partial charge in [0, 0.05) is 12.0 Å².